The van der Waals surface area contributed by atoms with Crippen LogP contribution in [-0.2, 0) is 4.79 Å². The molecule has 2 amide bonds. The number of rotatable bonds is 5. The molecule has 0 spiro atoms. The summed E-state index contributed by atoms with van der Waals surface area (Å²) in [6.45, 7) is 3.95. The summed E-state index contributed by atoms with van der Waals surface area (Å²) in [5.74, 6) is -0.684. The van der Waals surface area contributed by atoms with Gasteiger partial charge in [-0.2, -0.15) is 0 Å². The fraction of sp³-hybridized carbons (Fsp3) is 0.0909. The fourth-order valence-corrected chi connectivity index (χ4v) is 3.13. The Labute approximate surface area is 162 Å². The van der Waals surface area contributed by atoms with Crippen molar-refractivity contribution in [2.24, 2.45) is 0 Å². The van der Waals surface area contributed by atoms with Crippen LogP contribution in [0.2, 0.25) is 0 Å². The zero-order valence-electron chi connectivity index (χ0n) is 15.2. The summed E-state index contributed by atoms with van der Waals surface area (Å²) in [6.07, 6.45) is 1.68. The van der Waals surface area contributed by atoms with E-state index in [1.165, 1.54) is 11.3 Å². The standard InChI is InChI=1S/C22H20N2O2S/c1-15-10-11-17(13-16(15)2)21(25)24-20(14-19-9-6-12-27-19)22(26)23-18-7-4-3-5-8-18/h3-14H,1-2H3,(H,23,26)(H,24,25)/b20-14+. The molecule has 0 saturated heterocycles. The average molecular weight is 376 g/mol. The molecule has 0 bridgehead atoms. The molecule has 136 valence electrons. The molecular weight excluding hydrogens is 356 g/mol. The van der Waals surface area contributed by atoms with Crippen LogP contribution in [-0.4, -0.2) is 11.8 Å². The number of nitrogens with one attached hydrogen (secondary N) is 2. The molecule has 0 aliphatic heterocycles. The second-order valence-corrected chi connectivity index (χ2v) is 7.13. The fourth-order valence-electron chi connectivity index (χ4n) is 2.47. The van der Waals surface area contributed by atoms with E-state index in [2.05, 4.69) is 10.6 Å². The molecule has 4 nitrogen and oxygen atoms in total. The average Bonchev–Trinajstić information content (AvgIpc) is 3.17. The predicted molar refractivity (Wildman–Crippen MR) is 111 cm³/mol. The maximum atomic E-state index is 12.7. The molecule has 1 heterocycles. The van der Waals surface area contributed by atoms with E-state index >= 15 is 0 Å². The monoisotopic (exact) mass is 376 g/mol. The molecule has 27 heavy (non-hydrogen) atoms. The highest BCUT2D eigenvalue weighted by Gasteiger charge is 2.15. The van der Waals surface area contributed by atoms with Gasteiger partial charge in [0, 0.05) is 16.1 Å². The van der Waals surface area contributed by atoms with E-state index in [1.54, 1.807) is 24.3 Å². The Hall–Kier alpha value is -3.18. The van der Waals surface area contributed by atoms with Crippen molar-refractivity contribution < 1.29 is 9.59 Å². The van der Waals surface area contributed by atoms with Crippen molar-refractivity contribution in [1.29, 1.82) is 0 Å². The zero-order chi connectivity index (χ0) is 19.2. The summed E-state index contributed by atoms with van der Waals surface area (Å²) in [6, 6.07) is 18.4. The van der Waals surface area contributed by atoms with Crippen LogP contribution < -0.4 is 10.6 Å². The molecule has 2 N–H and O–H groups in total. The van der Waals surface area contributed by atoms with Gasteiger partial charge in [-0.3, -0.25) is 9.59 Å². The predicted octanol–water partition coefficient (Wildman–Crippen LogP) is 4.77. The first-order valence-electron chi connectivity index (χ1n) is 8.53. The molecule has 0 unspecified atom stereocenters. The number of amides is 2. The Morgan fingerprint density at radius 3 is 2.37 bits per heavy atom. The third-order valence-electron chi connectivity index (χ3n) is 4.12. The second kappa shape index (κ2) is 8.47. The van der Waals surface area contributed by atoms with Crippen LogP contribution in [0.3, 0.4) is 0 Å². The van der Waals surface area contributed by atoms with E-state index in [0.717, 1.165) is 16.0 Å². The molecule has 1 aromatic heterocycles. The van der Waals surface area contributed by atoms with Crippen LogP contribution in [0.4, 0.5) is 5.69 Å². The lowest BCUT2D eigenvalue weighted by atomic mass is 10.1. The molecule has 0 aliphatic rings. The number of thiophene rings is 1. The van der Waals surface area contributed by atoms with E-state index in [9.17, 15) is 9.59 Å². The summed E-state index contributed by atoms with van der Waals surface area (Å²) in [4.78, 5) is 26.3. The number of para-hydroxylation sites is 1. The number of carbonyl (C=O) groups is 2. The van der Waals surface area contributed by atoms with Gasteiger partial charge in [0.15, 0.2) is 0 Å². The first-order valence-corrected chi connectivity index (χ1v) is 9.41. The Balaban J connectivity index is 1.84. The number of aryl methyl sites for hydroxylation is 2. The molecule has 3 aromatic rings. The first-order chi connectivity index (χ1) is 13.0. The van der Waals surface area contributed by atoms with E-state index in [-0.39, 0.29) is 17.5 Å². The Kier molecular flexibility index (Phi) is 5.84. The van der Waals surface area contributed by atoms with Gasteiger partial charge >= 0.3 is 0 Å². The van der Waals surface area contributed by atoms with E-state index in [4.69, 9.17) is 0 Å². The SMILES string of the molecule is Cc1ccc(C(=O)N/C(=C/c2cccs2)C(=O)Nc2ccccc2)cc1C. The summed E-state index contributed by atoms with van der Waals surface area (Å²) < 4.78 is 0. The third-order valence-corrected chi connectivity index (χ3v) is 4.94. The largest absolute Gasteiger partial charge is 0.321 e. The quantitative estimate of drug-likeness (QED) is 0.630. The van der Waals surface area contributed by atoms with Gasteiger partial charge in [-0.1, -0.05) is 30.3 Å². The van der Waals surface area contributed by atoms with Crippen molar-refractivity contribution in [2.75, 3.05) is 5.32 Å². The minimum atomic E-state index is -0.369. The highest BCUT2D eigenvalue weighted by atomic mass is 32.1. The summed E-state index contributed by atoms with van der Waals surface area (Å²) in [5.41, 5.74) is 3.52. The topological polar surface area (TPSA) is 58.2 Å². The van der Waals surface area contributed by atoms with Crippen molar-refractivity contribution >= 4 is 34.9 Å². The third kappa shape index (κ3) is 4.92. The maximum Gasteiger partial charge on any atom is 0.272 e. The Morgan fingerprint density at radius 2 is 1.70 bits per heavy atom. The van der Waals surface area contributed by atoms with Crippen LogP contribution in [0.5, 0.6) is 0 Å². The highest BCUT2D eigenvalue weighted by molar-refractivity contribution is 7.10. The first kappa shape index (κ1) is 18.6. The number of carbonyl (C=O) groups excluding carboxylic acids is 2. The number of benzene rings is 2. The normalized spacial score (nSPS) is 11.1. The van der Waals surface area contributed by atoms with Gasteiger partial charge in [0.1, 0.15) is 5.70 Å². The molecule has 5 heteroatoms. The van der Waals surface area contributed by atoms with Crippen molar-refractivity contribution in [3.05, 3.63) is 93.3 Å². The number of hydrogen-bond donors (Lipinski definition) is 2. The maximum absolute atomic E-state index is 12.7. The van der Waals surface area contributed by atoms with Gasteiger partial charge in [0.2, 0.25) is 0 Å². The van der Waals surface area contributed by atoms with Gasteiger partial charge < -0.3 is 10.6 Å². The molecule has 2 aromatic carbocycles. The zero-order valence-corrected chi connectivity index (χ0v) is 16.0. The van der Waals surface area contributed by atoms with Gasteiger partial charge in [-0.15, -0.1) is 11.3 Å². The van der Waals surface area contributed by atoms with Gasteiger partial charge in [0.25, 0.3) is 11.8 Å². The van der Waals surface area contributed by atoms with Crippen molar-refractivity contribution in [3.8, 4) is 0 Å². The van der Waals surface area contributed by atoms with Crippen molar-refractivity contribution in [3.63, 3.8) is 0 Å². The van der Waals surface area contributed by atoms with E-state index in [1.807, 2.05) is 61.7 Å². The summed E-state index contributed by atoms with van der Waals surface area (Å²) in [7, 11) is 0. The molecule has 0 saturated carbocycles. The van der Waals surface area contributed by atoms with Crippen molar-refractivity contribution in [1.82, 2.24) is 5.32 Å². The van der Waals surface area contributed by atoms with Crippen molar-refractivity contribution in [2.45, 2.75) is 13.8 Å². The summed E-state index contributed by atoms with van der Waals surface area (Å²) in [5, 5.41) is 7.49. The molecular formula is C22H20N2O2S. The van der Waals surface area contributed by atoms with Gasteiger partial charge in [-0.25, -0.2) is 0 Å². The number of anilines is 1. The smallest absolute Gasteiger partial charge is 0.272 e. The number of hydrogen-bond acceptors (Lipinski definition) is 3. The van der Waals surface area contributed by atoms with Gasteiger partial charge in [-0.05, 0) is 66.8 Å². The lowest BCUT2D eigenvalue weighted by molar-refractivity contribution is -0.113. The summed E-state index contributed by atoms with van der Waals surface area (Å²) >= 11 is 1.49. The second-order valence-electron chi connectivity index (χ2n) is 6.15. The minimum absolute atomic E-state index is 0.199. The molecule has 3 rings (SSSR count). The minimum Gasteiger partial charge on any atom is -0.321 e. The lowest BCUT2D eigenvalue weighted by Gasteiger charge is -2.11. The van der Waals surface area contributed by atoms with Crippen LogP contribution in [0.15, 0.2) is 71.7 Å². The molecule has 0 aliphatic carbocycles. The Bertz CT molecular complexity index is 977. The van der Waals surface area contributed by atoms with E-state index in [0.29, 0.717) is 11.3 Å². The van der Waals surface area contributed by atoms with Crippen LogP contribution >= 0.6 is 11.3 Å². The van der Waals surface area contributed by atoms with Crippen LogP contribution in [0.1, 0.15) is 26.4 Å². The molecule has 0 radical (unpaired) electrons. The van der Waals surface area contributed by atoms with E-state index < -0.39 is 0 Å². The van der Waals surface area contributed by atoms with Crippen LogP contribution in [0, 0.1) is 13.8 Å². The van der Waals surface area contributed by atoms with Gasteiger partial charge in [0.05, 0.1) is 0 Å². The molecule has 0 atom stereocenters. The highest BCUT2D eigenvalue weighted by Crippen LogP contribution is 2.15. The van der Waals surface area contributed by atoms with Crippen LogP contribution in [0.25, 0.3) is 6.08 Å². The Morgan fingerprint density at radius 1 is 0.926 bits per heavy atom. The molecule has 0 fully saturated rings. The lowest BCUT2D eigenvalue weighted by Crippen LogP contribution is -2.30.